The Morgan fingerprint density at radius 2 is 1.93 bits per heavy atom. The van der Waals surface area contributed by atoms with E-state index >= 15 is 0 Å². The second-order valence-electron chi connectivity index (χ2n) is 7.85. The second kappa shape index (κ2) is 11.0. The lowest BCUT2D eigenvalue weighted by atomic mass is 10.2. The maximum atomic E-state index is 5.45. The van der Waals surface area contributed by atoms with Gasteiger partial charge in [0.25, 0.3) is 0 Å². The molecule has 2 aliphatic heterocycles. The summed E-state index contributed by atoms with van der Waals surface area (Å²) in [6.07, 6.45) is 3.68. The first-order valence-electron chi connectivity index (χ1n) is 11.0. The summed E-state index contributed by atoms with van der Waals surface area (Å²) in [6.45, 7) is 8.26. The van der Waals surface area contributed by atoms with Crippen LogP contribution in [-0.4, -0.2) is 75.9 Å². The van der Waals surface area contributed by atoms with E-state index < -0.39 is 0 Å². The number of ether oxygens (including phenoxy) is 1. The Labute approximate surface area is 179 Å². The predicted molar refractivity (Wildman–Crippen MR) is 120 cm³/mol. The van der Waals surface area contributed by atoms with E-state index in [0.29, 0.717) is 6.04 Å². The van der Waals surface area contributed by atoms with Crippen LogP contribution in [0.2, 0.25) is 0 Å². The van der Waals surface area contributed by atoms with Crippen LogP contribution < -0.4 is 15.5 Å². The Balaban J connectivity index is 1.29. The third-order valence-electron chi connectivity index (χ3n) is 5.68. The van der Waals surface area contributed by atoms with Gasteiger partial charge in [-0.05, 0) is 30.7 Å². The second-order valence-corrected chi connectivity index (χ2v) is 7.85. The molecule has 0 aliphatic carbocycles. The summed E-state index contributed by atoms with van der Waals surface area (Å²) in [5.41, 5.74) is 1.29. The zero-order valence-corrected chi connectivity index (χ0v) is 17.6. The van der Waals surface area contributed by atoms with E-state index in [2.05, 4.69) is 50.8 Å². The fraction of sp³-hybridized carbons (Fsp3) is 0.522. The molecule has 1 aromatic heterocycles. The quantitative estimate of drug-likeness (QED) is 0.512. The molecule has 7 heteroatoms. The van der Waals surface area contributed by atoms with Crippen molar-refractivity contribution in [3.05, 3.63) is 54.5 Å². The molecule has 2 saturated heterocycles. The summed E-state index contributed by atoms with van der Waals surface area (Å²) in [6, 6.07) is 15.0. The van der Waals surface area contributed by atoms with Crippen LogP contribution in [0.5, 0.6) is 0 Å². The standard InChI is InChI=1S/C23H33N5O2/c1-2-5-21(6-3-1)28-12-9-20(19-28)26-23(24-10-8-22-7-4-16-30-22)25-11-13-27-14-17-29-18-15-27/h1-7,16,20H,8-15,17-19H2,(H2,24,25,26). The van der Waals surface area contributed by atoms with Crippen LogP contribution >= 0.6 is 0 Å². The van der Waals surface area contributed by atoms with Crippen LogP contribution in [-0.2, 0) is 11.2 Å². The zero-order valence-electron chi connectivity index (χ0n) is 17.6. The Hall–Kier alpha value is -2.51. The minimum atomic E-state index is 0.392. The third-order valence-corrected chi connectivity index (χ3v) is 5.68. The summed E-state index contributed by atoms with van der Waals surface area (Å²) in [7, 11) is 0. The van der Waals surface area contributed by atoms with Crippen molar-refractivity contribution in [3.8, 4) is 0 Å². The van der Waals surface area contributed by atoms with E-state index in [4.69, 9.17) is 14.1 Å². The summed E-state index contributed by atoms with van der Waals surface area (Å²) in [5.74, 6) is 1.89. The SMILES string of the molecule is c1ccc(N2CCC(NC(=NCCN3CCOCC3)NCCc3ccco3)C2)cc1. The Morgan fingerprint density at radius 3 is 2.73 bits per heavy atom. The van der Waals surface area contributed by atoms with Crippen molar-refractivity contribution in [2.75, 3.05) is 63.9 Å². The van der Waals surface area contributed by atoms with Gasteiger partial charge in [-0.1, -0.05) is 18.2 Å². The van der Waals surface area contributed by atoms with Crippen LogP contribution in [0.15, 0.2) is 58.1 Å². The van der Waals surface area contributed by atoms with Gasteiger partial charge in [0.2, 0.25) is 0 Å². The van der Waals surface area contributed by atoms with Crippen molar-refractivity contribution >= 4 is 11.6 Å². The predicted octanol–water partition coefficient (Wildman–Crippen LogP) is 1.97. The van der Waals surface area contributed by atoms with E-state index in [1.54, 1.807) is 6.26 Å². The minimum absolute atomic E-state index is 0.392. The first kappa shape index (κ1) is 20.8. The number of morpholine rings is 1. The molecule has 0 radical (unpaired) electrons. The molecule has 0 saturated carbocycles. The lowest BCUT2D eigenvalue weighted by molar-refractivity contribution is 0.0394. The van der Waals surface area contributed by atoms with Gasteiger partial charge in [0.05, 0.1) is 26.0 Å². The summed E-state index contributed by atoms with van der Waals surface area (Å²) < 4.78 is 10.9. The highest BCUT2D eigenvalue weighted by molar-refractivity contribution is 5.80. The lowest BCUT2D eigenvalue weighted by Gasteiger charge is -2.26. The van der Waals surface area contributed by atoms with Crippen molar-refractivity contribution in [1.29, 1.82) is 0 Å². The molecular formula is C23H33N5O2. The highest BCUT2D eigenvalue weighted by Crippen LogP contribution is 2.19. The van der Waals surface area contributed by atoms with Gasteiger partial charge < -0.3 is 24.7 Å². The number of hydrogen-bond acceptors (Lipinski definition) is 5. The van der Waals surface area contributed by atoms with E-state index in [-0.39, 0.29) is 0 Å². The van der Waals surface area contributed by atoms with Crippen LogP contribution in [0.25, 0.3) is 0 Å². The Morgan fingerprint density at radius 1 is 1.07 bits per heavy atom. The summed E-state index contributed by atoms with van der Waals surface area (Å²) in [5, 5.41) is 7.15. The van der Waals surface area contributed by atoms with Crippen molar-refractivity contribution in [2.24, 2.45) is 4.99 Å². The third kappa shape index (κ3) is 6.24. The van der Waals surface area contributed by atoms with Gasteiger partial charge in [0, 0.05) is 57.4 Å². The number of nitrogens with zero attached hydrogens (tertiary/aromatic N) is 3. The number of guanidine groups is 1. The number of benzene rings is 1. The lowest BCUT2D eigenvalue weighted by Crippen LogP contribution is -2.46. The molecule has 4 rings (SSSR count). The average Bonchev–Trinajstić information content (AvgIpc) is 3.47. The topological polar surface area (TPSA) is 65.3 Å². The molecule has 2 fully saturated rings. The maximum Gasteiger partial charge on any atom is 0.191 e. The number of rotatable bonds is 8. The van der Waals surface area contributed by atoms with Crippen molar-refractivity contribution in [2.45, 2.75) is 18.9 Å². The van der Waals surface area contributed by atoms with Crippen LogP contribution in [0.4, 0.5) is 5.69 Å². The van der Waals surface area contributed by atoms with Gasteiger partial charge in [0.15, 0.2) is 5.96 Å². The highest BCUT2D eigenvalue weighted by atomic mass is 16.5. The Kier molecular flexibility index (Phi) is 7.63. The van der Waals surface area contributed by atoms with Crippen molar-refractivity contribution < 1.29 is 9.15 Å². The van der Waals surface area contributed by atoms with E-state index in [1.807, 2.05) is 12.1 Å². The molecule has 2 N–H and O–H groups in total. The number of anilines is 1. The fourth-order valence-electron chi connectivity index (χ4n) is 3.98. The van der Waals surface area contributed by atoms with Gasteiger partial charge in [-0.25, -0.2) is 0 Å². The number of para-hydroxylation sites is 1. The zero-order chi connectivity index (χ0) is 20.4. The van der Waals surface area contributed by atoms with Gasteiger partial charge in [-0.15, -0.1) is 0 Å². The van der Waals surface area contributed by atoms with E-state index in [0.717, 1.165) is 83.6 Å². The normalized spacial score (nSPS) is 20.5. The highest BCUT2D eigenvalue weighted by Gasteiger charge is 2.23. The largest absolute Gasteiger partial charge is 0.469 e. The molecule has 30 heavy (non-hydrogen) atoms. The van der Waals surface area contributed by atoms with Gasteiger partial charge in [0.1, 0.15) is 5.76 Å². The average molecular weight is 412 g/mol. The smallest absolute Gasteiger partial charge is 0.191 e. The minimum Gasteiger partial charge on any atom is -0.469 e. The molecule has 1 aromatic carbocycles. The number of aliphatic imine (C=N–C) groups is 1. The van der Waals surface area contributed by atoms with Crippen LogP contribution in [0.1, 0.15) is 12.2 Å². The Bertz CT molecular complexity index is 759. The van der Waals surface area contributed by atoms with Crippen LogP contribution in [0.3, 0.4) is 0 Å². The monoisotopic (exact) mass is 411 g/mol. The summed E-state index contributed by atoms with van der Waals surface area (Å²) in [4.78, 5) is 9.71. The van der Waals surface area contributed by atoms with Gasteiger partial charge in [-0.2, -0.15) is 0 Å². The molecule has 1 unspecified atom stereocenters. The van der Waals surface area contributed by atoms with E-state index in [9.17, 15) is 0 Å². The molecule has 0 amide bonds. The van der Waals surface area contributed by atoms with Crippen molar-refractivity contribution in [3.63, 3.8) is 0 Å². The molecule has 0 bridgehead atoms. The van der Waals surface area contributed by atoms with Gasteiger partial charge in [-0.3, -0.25) is 9.89 Å². The molecule has 162 valence electrons. The van der Waals surface area contributed by atoms with Crippen LogP contribution in [0, 0.1) is 0 Å². The fourth-order valence-corrected chi connectivity index (χ4v) is 3.98. The molecular weight excluding hydrogens is 378 g/mol. The maximum absolute atomic E-state index is 5.45. The molecule has 1 atom stereocenters. The summed E-state index contributed by atoms with van der Waals surface area (Å²) >= 11 is 0. The molecule has 2 aromatic rings. The van der Waals surface area contributed by atoms with E-state index in [1.165, 1.54) is 5.69 Å². The molecule has 3 heterocycles. The van der Waals surface area contributed by atoms with Crippen molar-refractivity contribution in [1.82, 2.24) is 15.5 Å². The van der Waals surface area contributed by atoms with Gasteiger partial charge >= 0.3 is 0 Å². The first-order valence-corrected chi connectivity index (χ1v) is 11.0. The number of furan rings is 1. The molecule has 7 nitrogen and oxygen atoms in total. The number of nitrogens with one attached hydrogen (secondary N) is 2. The molecule has 2 aliphatic rings. The first-order chi connectivity index (χ1) is 14.9. The number of hydrogen-bond donors (Lipinski definition) is 2. The molecule has 0 spiro atoms.